The van der Waals surface area contributed by atoms with Crippen LogP contribution in [-0.2, 0) is 4.74 Å². The standard InChI is InChI=1S/C14H23NOS/c1-4-15-14(12-7-11(3)17-9-12)13-5-6-16-8-10(13)2/h7,9-10,13-15H,4-6,8H2,1-3H3. The quantitative estimate of drug-likeness (QED) is 0.888. The Morgan fingerprint density at radius 2 is 2.41 bits per heavy atom. The SMILES string of the molecule is CCNC(c1csc(C)c1)C1CCOCC1C. The maximum absolute atomic E-state index is 5.56. The van der Waals surface area contributed by atoms with E-state index in [1.807, 2.05) is 11.3 Å². The van der Waals surface area contributed by atoms with E-state index >= 15 is 0 Å². The molecule has 2 nitrogen and oxygen atoms in total. The third kappa shape index (κ3) is 3.09. The number of ether oxygens (including phenoxy) is 1. The fraction of sp³-hybridized carbons (Fsp3) is 0.714. The molecule has 1 aromatic heterocycles. The summed E-state index contributed by atoms with van der Waals surface area (Å²) in [7, 11) is 0. The first-order valence-corrected chi connectivity index (χ1v) is 7.46. The molecule has 3 unspecified atom stereocenters. The van der Waals surface area contributed by atoms with Crippen molar-refractivity contribution in [1.82, 2.24) is 5.32 Å². The molecule has 1 aliphatic heterocycles. The van der Waals surface area contributed by atoms with Gasteiger partial charge in [-0.1, -0.05) is 13.8 Å². The number of nitrogens with one attached hydrogen (secondary N) is 1. The molecule has 1 saturated heterocycles. The molecule has 1 aliphatic rings. The van der Waals surface area contributed by atoms with Gasteiger partial charge >= 0.3 is 0 Å². The first-order chi connectivity index (χ1) is 8.22. The third-order valence-corrected chi connectivity index (χ3v) is 4.55. The first-order valence-electron chi connectivity index (χ1n) is 6.58. The predicted molar refractivity (Wildman–Crippen MR) is 73.6 cm³/mol. The second-order valence-corrected chi connectivity index (χ2v) is 6.15. The molecular weight excluding hydrogens is 230 g/mol. The van der Waals surface area contributed by atoms with Crippen molar-refractivity contribution in [3.8, 4) is 0 Å². The lowest BCUT2D eigenvalue weighted by atomic mass is 9.81. The summed E-state index contributed by atoms with van der Waals surface area (Å²) in [6, 6.07) is 2.84. The van der Waals surface area contributed by atoms with Gasteiger partial charge in [-0.05, 0) is 48.7 Å². The van der Waals surface area contributed by atoms with Crippen LogP contribution in [0.4, 0.5) is 0 Å². The average molecular weight is 253 g/mol. The van der Waals surface area contributed by atoms with Crippen LogP contribution < -0.4 is 5.32 Å². The highest BCUT2D eigenvalue weighted by atomic mass is 32.1. The van der Waals surface area contributed by atoms with Crippen molar-refractivity contribution in [2.45, 2.75) is 33.2 Å². The predicted octanol–water partition coefficient (Wildman–Crippen LogP) is 3.38. The van der Waals surface area contributed by atoms with E-state index in [2.05, 4.69) is 37.5 Å². The number of aryl methyl sites for hydroxylation is 1. The fourth-order valence-corrected chi connectivity index (χ4v) is 3.50. The van der Waals surface area contributed by atoms with Crippen molar-refractivity contribution >= 4 is 11.3 Å². The summed E-state index contributed by atoms with van der Waals surface area (Å²) in [5.74, 6) is 1.35. The minimum Gasteiger partial charge on any atom is -0.381 e. The van der Waals surface area contributed by atoms with E-state index in [-0.39, 0.29) is 0 Å². The fourth-order valence-electron chi connectivity index (χ4n) is 2.76. The van der Waals surface area contributed by atoms with Gasteiger partial charge in [0.1, 0.15) is 0 Å². The summed E-state index contributed by atoms with van der Waals surface area (Å²) in [5, 5.41) is 5.97. The monoisotopic (exact) mass is 253 g/mol. The lowest BCUT2D eigenvalue weighted by molar-refractivity contribution is 0.0108. The highest BCUT2D eigenvalue weighted by Gasteiger charge is 2.30. The Bertz CT molecular complexity index is 350. The van der Waals surface area contributed by atoms with Gasteiger partial charge in [-0.2, -0.15) is 0 Å². The van der Waals surface area contributed by atoms with Gasteiger partial charge in [0.2, 0.25) is 0 Å². The van der Waals surface area contributed by atoms with Gasteiger partial charge in [0.25, 0.3) is 0 Å². The third-order valence-electron chi connectivity index (χ3n) is 3.67. The zero-order valence-electron chi connectivity index (χ0n) is 11.0. The Hall–Kier alpha value is -0.380. The molecule has 0 saturated carbocycles. The molecule has 0 aliphatic carbocycles. The molecule has 1 N–H and O–H groups in total. The normalized spacial score (nSPS) is 27.0. The zero-order chi connectivity index (χ0) is 12.3. The molecule has 1 aromatic rings. The lowest BCUT2D eigenvalue weighted by Gasteiger charge is -2.35. The highest BCUT2D eigenvalue weighted by molar-refractivity contribution is 7.10. The Morgan fingerprint density at radius 3 is 3.00 bits per heavy atom. The average Bonchev–Trinajstić information content (AvgIpc) is 2.74. The number of thiophene rings is 1. The topological polar surface area (TPSA) is 21.3 Å². The van der Waals surface area contributed by atoms with Crippen LogP contribution in [0, 0.1) is 18.8 Å². The van der Waals surface area contributed by atoms with E-state index in [1.54, 1.807) is 0 Å². The van der Waals surface area contributed by atoms with Gasteiger partial charge in [0.05, 0.1) is 0 Å². The molecule has 3 atom stereocenters. The summed E-state index contributed by atoms with van der Waals surface area (Å²) in [6.07, 6.45) is 1.17. The lowest BCUT2D eigenvalue weighted by Crippen LogP contribution is -2.36. The first kappa shape index (κ1) is 13.1. The van der Waals surface area contributed by atoms with Crippen LogP contribution in [0.15, 0.2) is 11.4 Å². The molecule has 17 heavy (non-hydrogen) atoms. The van der Waals surface area contributed by atoms with Gasteiger partial charge in [-0.15, -0.1) is 11.3 Å². The Labute approximate surface area is 108 Å². The minimum atomic E-state index is 0.504. The van der Waals surface area contributed by atoms with E-state index in [1.165, 1.54) is 16.9 Å². The van der Waals surface area contributed by atoms with E-state index < -0.39 is 0 Å². The highest BCUT2D eigenvalue weighted by Crippen LogP contribution is 2.35. The zero-order valence-corrected chi connectivity index (χ0v) is 11.8. The van der Waals surface area contributed by atoms with Gasteiger partial charge in [0.15, 0.2) is 0 Å². The van der Waals surface area contributed by atoms with E-state index in [0.29, 0.717) is 17.9 Å². The summed E-state index contributed by atoms with van der Waals surface area (Å²) in [4.78, 5) is 1.41. The number of hydrogen-bond donors (Lipinski definition) is 1. The van der Waals surface area contributed by atoms with E-state index in [4.69, 9.17) is 4.74 Å². The van der Waals surface area contributed by atoms with Gasteiger partial charge in [-0.25, -0.2) is 0 Å². The van der Waals surface area contributed by atoms with Crippen molar-refractivity contribution in [1.29, 1.82) is 0 Å². The maximum atomic E-state index is 5.56. The van der Waals surface area contributed by atoms with Crippen LogP contribution in [0.2, 0.25) is 0 Å². The van der Waals surface area contributed by atoms with Crippen molar-refractivity contribution in [3.05, 3.63) is 21.9 Å². The van der Waals surface area contributed by atoms with Crippen LogP contribution in [0.25, 0.3) is 0 Å². The van der Waals surface area contributed by atoms with Gasteiger partial charge < -0.3 is 10.1 Å². The molecule has 2 rings (SSSR count). The molecule has 96 valence electrons. The molecular formula is C14H23NOS. The van der Waals surface area contributed by atoms with Crippen LogP contribution in [0.3, 0.4) is 0 Å². The van der Waals surface area contributed by atoms with Crippen LogP contribution in [0.5, 0.6) is 0 Å². The van der Waals surface area contributed by atoms with Crippen LogP contribution in [-0.4, -0.2) is 19.8 Å². The van der Waals surface area contributed by atoms with Crippen LogP contribution in [0.1, 0.15) is 36.8 Å². The van der Waals surface area contributed by atoms with Crippen molar-refractivity contribution in [2.24, 2.45) is 11.8 Å². The Morgan fingerprint density at radius 1 is 1.59 bits per heavy atom. The number of hydrogen-bond acceptors (Lipinski definition) is 3. The summed E-state index contributed by atoms with van der Waals surface area (Å²) < 4.78 is 5.56. The van der Waals surface area contributed by atoms with Crippen LogP contribution >= 0.6 is 11.3 Å². The Balaban J connectivity index is 2.15. The summed E-state index contributed by atoms with van der Waals surface area (Å²) in [6.45, 7) is 9.55. The maximum Gasteiger partial charge on any atom is 0.0494 e. The second kappa shape index (κ2) is 5.98. The molecule has 1 fully saturated rings. The molecule has 0 aromatic carbocycles. The molecule has 0 spiro atoms. The minimum absolute atomic E-state index is 0.504. The molecule has 0 bridgehead atoms. The summed E-state index contributed by atoms with van der Waals surface area (Å²) in [5.41, 5.74) is 1.47. The molecule has 2 heterocycles. The summed E-state index contributed by atoms with van der Waals surface area (Å²) >= 11 is 1.85. The van der Waals surface area contributed by atoms with Gasteiger partial charge in [0, 0.05) is 24.1 Å². The Kier molecular flexibility index (Phi) is 4.60. The molecule has 0 radical (unpaired) electrons. The molecule has 3 heteroatoms. The van der Waals surface area contributed by atoms with Crippen molar-refractivity contribution < 1.29 is 4.74 Å². The smallest absolute Gasteiger partial charge is 0.0494 e. The van der Waals surface area contributed by atoms with Gasteiger partial charge in [-0.3, -0.25) is 0 Å². The van der Waals surface area contributed by atoms with Crippen molar-refractivity contribution in [3.63, 3.8) is 0 Å². The van der Waals surface area contributed by atoms with E-state index in [9.17, 15) is 0 Å². The van der Waals surface area contributed by atoms with E-state index in [0.717, 1.165) is 19.8 Å². The number of rotatable bonds is 4. The second-order valence-electron chi connectivity index (χ2n) is 5.03. The largest absolute Gasteiger partial charge is 0.381 e. The molecule has 0 amide bonds. The van der Waals surface area contributed by atoms with Crippen molar-refractivity contribution in [2.75, 3.05) is 19.8 Å².